The van der Waals surface area contributed by atoms with Gasteiger partial charge in [0, 0.05) is 18.0 Å². The molecule has 0 aliphatic carbocycles. The SMILES string of the molecule is CCCCn1ncnc1-c1ccc([C@@H]2CCCO2)s1. The maximum Gasteiger partial charge on any atom is 0.168 e. The second kappa shape index (κ2) is 5.84. The van der Waals surface area contributed by atoms with Crippen molar-refractivity contribution >= 4 is 11.3 Å². The third kappa shape index (κ3) is 2.72. The molecule has 4 nitrogen and oxygen atoms in total. The molecule has 0 N–H and O–H groups in total. The Morgan fingerprint density at radius 3 is 3.21 bits per heavy atom. The first-order valence-corrected chi connectivity index (χ1v) is 7.79. The van der Waals surface area contributed by atoms with Crippen LogP contribution in [0.1, 0.15) is 43.6 Å². The predicted molar refractivity (Wildman–Crippen MR) is 76.2 cm³/mol. The van der Waals surface area contributed by atoms with E-state index in [4.69, 9.17) is 4.74 Å². The summed E-state index contributed by atoms with van der Waals surface area (Å²) in [5, 5.41) is 4.32. The number of aromatic nitrogens is 3. The smallest absolute Gasteiger partial charge is 0.168 e. The number of thiophene rings is 1. The van der Waals surface area contributed by atoms with Crippen LogP contribution in [0, 0.1) is 0 Å². The summed E-state index contributed by atoms with van der Waals surface area (Å²) in [6.07, 6.45) is 6.57. The summed E-state index contributed by atoms with van der Waals surface area (Å²) in [4.78, 5) is 6.91. The summed E-state index contributed by atoms with van der Waals surface area (Å²) in [6, 6.07) is 4.32. The summed E-state index contributed by atoms with van der Waals surface area (Å²) < 4.78 is 7.74. The number of ether oxygens (including phenoxy) is 1. The van der Waals surface area contributed by atoms with Gasteiger partial charge in [-0.25, -0.2) is 9.67 Å². The van der Waals surface area contributed by atoms with E-state index in [9.17, 15) is 0 Å². The molecule has 0 aromatic carbocycles. The van der Waals surface area contributed by atoms with Crippen molar-refractivity contribution < 1.29 is 4.74 Å². The Morgan fingerprint density at radius 2 is 2.42 bits per heavy atom. The first-order chi connectivity index (χ1) is 9.38. The molecule has 1 fully saturated rings. The normalized spacial score (nSPS) is 19.1. The Balaban J connectivity index is 1.80. The van der Waals surface area contributed by atoms with Gasteiger partial charge >= 0.3 is 0 Å². The minimum atomic E-state index is 0.297. The second-order valence-corrected chi connectivity index (χ2v) is 5.98. The van der Waals surface area contributed by atoms with Crippen LogP contribution in [0.2, 0.25) is 0 Å². The Hall–Kier alpha value is -1.20. The summed E-state index contributed by atoms with van der Waals surface area (Å²) in [5.74, 6) is 0.989. The maximum absolute atomic E-state index is 5.73. The molecule has 3 heterocycles. The van der Waals surface area contributed by atoms with Crippen LogP contribution in [0.15, 0.2) is 18.5 Å². The van der Waals surface area contributed by atoms with Crippen molar-refractivity contribution in [3.8, 4) is 10.7 Å². The Kier molecular flexibility index (Phi) is 3.94. The minimum Gasteiger partial charge on any atom is -0.373 e. The van der Waals surface area contributed by atoms with Gasteiger partial charge in [-0.3, -0.25) is 0 Å². The Labute approximate surface area is 117 Å². The maximum atomic E-state index is 5.73. The number of aryl methyl sites for hydroxylation is 1. The predicted octanol–water partition coefficient (Wildman–Crippen LogP) is 3.66. The van der Waals surface area contributed by atoms with Gasteiger partial charge in [0.15, 0.2) is 5.82 Å². The quantitative estimate of drug-likeness (QED) is 0.837. The lowest BCUT2D eigenvalue weighted by molar-refractivity contribution is 0.114. The molecule has 102 valence electrons. The average Bonchev–Trinajstić information content (AvgIpc) is 3.14. The highest BCUT2D eigenvalue weighted by Gasteiger charge is 2.20. The van der Waals surface area contributed by atoms with Crippen molar-refractivity contribution in [3.05, 3.63) is 23.3 Å². The lowest BCUT2D eigenvalue weighted by Gasteiger charge is -2.05. The molecule has 2 aromatic rings. The van der Waals surface area contributed by atoms with Crippen LogP contribution in [0.4, 0.5) is 0 Å². The third-order valence-corrected chi connectivity index (χ3v) is 4.61. The van der Waals surface area contributed by atoms with E-state index in [2.05, 4.69) is 29.1 Å². The molecule has 5 heteroatoms. The monoisotopic (exact) mass is 277 g/mol. The summed E-state index contributed by atoms with van der Waals surface area (Å²) in [6.45, 7) is 4.03. The van der Waals surface area contributed by atoms with Crippen molar-refractivity contribution in [3.63, 3.8) is 0 Å². The number of nitrogens with zero attached hydrogens (tertiary/aromatic N) is 3. The molecule has 0 bridgehead atoms. The zero-order chi connectivity index (χ0) is 13.1. The molecular formula is C14H19N3OS. The van der Waals surface area contributed by atoms with Gasteiger partial charge in [-0.2, -0.15) is 5.10 Å². The van der Waals surface area contributed by atoms with E-state index in [0.717, 1.165) is 31.8 Å². The molecule has 1 aliphatic rings. The number of hydrogen-bond donors (Lipinski definition) is 0. The van der Waals surface area contributed by atoms with Crippen LogP contribution in [-0.2, 0) is 11.3 Å². The topological polar surface area (TPSA) is 39.9 Å². The van der Waals surface area contributed by atoms with Crippen LogP contribution in [-0.4, -0.2) is 21.4 Å². The van der Waals surface area contributed by atoms with Crippen LogP contribution in [0.5, 0.6) is 0 Å². The van der Waals surface area contributed by atoms with Gasteiger partial charge < -0.3 is 4.74 Å². The van der Waals surface area contributed by atoms with E-state index in [1.165, 1.54) is 22.6 Å². The van der Waals surface area contributed by atoms with Crippen LogP contribution >= 0.6 is 11.3 Å². The standard InChI is InChI=1S/C14H19N3OS/c1-2-3-8-17-14(15-10-16-17)13-7-6-12(19-13)11-5-4-9-18-11/h6-7,10-11H,2-5,8-9H2,1H3/t11-/m0/s1. The van der Waals surface area contributed by atoms with Gasteiger partial charge in [-0.1, -0.05) is 13.3 Å². The fourth-order valence-corrected chi connectivity index (χ4v) is 3.47. The van der Waals surface area contributed by atoms with Gasteiger partial charge in [-0.15, -0.1) is 11.3 Å². The fourth-order valence-electron chi connectivity index (χ4n) is 2.37. The molecule has 0 radical (unpaired) electrons. The molecule has 0 amide bonds. The Morgan fingerprint density at radius 1 is 1.47 bits per heavy atom. The van der Waals surface area contributed by atoms with E-state index >= 15 is 0 Å². The molecule has 0 unspecified atom stereocenters. The summed E-state index contributed by atoms with van der Waals surface area (Å²) >= 11 is 1.79. The van der Waals surface area contributed by atoms with Crippen LogP contribution in [0.25, 0.3) is 10.7 Å². The first-order valence-electron chi connectivity index (χ1n) is 6.98. The van der Waals surface area contributed by atoms with Crippen molar-refractivity contribution in [2.75, 3.05) is 6.61 Å². The van der Waals surface area contributed by atoms with Gasteiger partial charge in [0.25, 0.3) is 0 Å². The molecule has 3 rings (SSSR count). The van der Waals surface area contributed by atoms with Crippen molar-refractivity contribution in [2.24, 2.45) is 0 Å². The van der Waals surface area contributed by atoms with Crippen LogP contribution < -0.4 is 0 Å². The van der Waals surface area contributed by atoms with E-state index in [1.807, 2.05) is 4.68 Å². The summed E-state index contributed by atoms with van der Waals surface area (Å²) in [7, 11) is 0. The molecule has 1 atom stereocenters. The molecule has 1 aliphatic heterocycles. The Bertz CT molecular complexity index is 528. The van der Waals surface area contributed by atoms with Crippen molar-refractivity contribution in [2.45, 2.75) is 45.3 Å². The van der Waals surface area contributed by atoms with E-state index in [-0.39, 0.29) is 0 Å². The molecule has 1 saturated heterocycles. The number of hydrogen-bond acceptors (Lipinski definition) is 4. The van der Waals surface area contributed by atoms with E-state index < -0.39 is 0 Å². The molecule has 0 spiro atoms. The summed E-state index contributed by atoms with van der Waals surface area (Å²) in [5.41, 5.74) is 0. The largest absolute Gasteiger partial charge is 0.373 e. The minimum absolute atomic E-state index is 0.297. The van der Waals surface area contributed by atoms with Gasteiger partial charge in [0.05, 0.1) is 11.0 Å². The second-order valence-electron chi connectivity index (χ2n) is 4.86. The van der Waals surface area contributed by atoms with E-state index in [0.29, 0.717) is 6.10 Å². The lowest BCUT2D eigenvalue weighted by atomic mass is 10.2. The fraction of sp³-hybridized carbons (Fsp3) is 0.571. The molecule has 19 heavy (non-hydrogen) atoms. The highest BCUT2D eigenvalue weighted by molar-refractivity contribution is 7.15. The van der Waals surface area contributed by atoms with Gasteiger partial charge in [0.1, 0.15) is 6.33 Å². The third-order valence-electron chi connectivity index (χ3n) is 3.43. The van der Waals surface area contributed by atoms with Crippen molar-refractivity contribution in [1.82, 2.24) is 14.8 Å². The van der Waals surface area contributed by atoms with E-state index in [1.54, 1.807) is 17.7 Å². The van der Waals surface area contributed by atoms with Crippen molar-refractivity contribution in [1.29, 1.82) is 0 Å². The average molecular weight is 277 g/mol. The number of rotatable bonds is 5. The highest BCUT2D eigenvalue weighted by Crippen LogP contribution is 2.36. The first kappa shape index (κ1) is 12.8. The molecule has 2 aromatic heterocycles. The highest BCUT2D eigenvalue weighted by atomic mass is 32.1. The van der Waals surface area contributed by atoms with Gasteiger partial charge in [0.2, 0.25) is 0 Å². The molecule has 0 saturated carbocycles. The number of unbranched alkanes of at least 4 members (excludes halogenated alkanes) is 1. The van der Waals surface area contributed by atoms with Crippen LogP contribution in [0.3, 0.4) is 0 Å². The lowest BCUT2D eigenvalue weighted by Crippen LogP contribution is -2.01. The zero-order valence-electron chi connectivity index (χ0n) is 11.2. The molecular weight excluding hydrogens is 258 g/mol. The zero-order valence-corrected chi connectivity index (χ0v) is 12.0. The van der Waals surface area contributed by atoms with Gasteiger partial charge in [-0.05, 0) is 31.4 Å².